The Morgan fingerprint density at radius 1 is 1.33 bits per heavy atom. The topological polar surface area (TPSA) is 69.7 Å². The fraction of sp³-hybridized carbons (Fsp3) is 0.450. The number of anilines is 1. The predicted molar refractivity (Wildman–Crippen MR) is 109 cm³/mol. The normalized spacial score (nSPS) is 20.6. The van der Waals surface area contributed by atoms with E-state index >= 15 is 0 Å². The van der Waals surface area contributed by atoms with Crippen molar-refractivity contribution in [1.29, 1.82) is 0 Å². The highest BCUT2D eigenvalue weighted by atomic mass is 19.1. The first-order valence-corrected chi connectivity index (χ1v) is 9.41. The van der Waals surface area contributed by atoms with E-state index in [0.717, 1.165) is 37.1 Å². The number of fused-ring (bicyclic) bond motifs is 1. The van der Waals surface area contributed by atoms with Crippen molar-refractivity contribution in [3.8, 4) is 11.4 Å². The van der Waals surface area contributed by atoms with Gasteiger partial charge in [0.25, 0.3) is 0 Å². The summed E-state index contributed by atoms with van der Waals surface area (Å²) in [4.78, 5) is 10.9. The van der Waals surface area contributed by atoms with Gasteiger partial charge in [-0.1, -0.05) is 13.8 Å². The quantitative estimate of drug-likeness (QED) is 0.728. The van der Waals surface area contributed by atoms with Crippen molar-refractivity contribution in [1.82, 2.24) is 25.5 Å². The van der Waals surface area contributed by atoms with Gasteiger partial charge in [0.2, 0.25) is 0 Å². The number of hydrogen-bond donors (Lipinski definition) is 2. The number of piperazine rings is 1. The second-order valence-corrected chi connectivity index (χ2v) is 7.98. The predicted octanol–water partition coefficient (Wildman–Crippen LogP) is 3.87. The molecule has 3 aromatic heterocycles. The summed E-state index contributed by atoms with van der Waals surface area (Å²) in [5.41, 5.74) is 2.01. The zero-order chi connectivity index (χ0) is 19.0. The molecule has 27 heavy (non-hydrogen) atoms. The van der Waals surface area contributed by atoms with Crippen molar-refractivity contribution in [2.45, 2.75) is 32.7 Å². The number of H-pyrrole nitrogens is 1. The number of hydrogen-bond acceptors (Lipinski definition) is 5. The van der Waals surface area contributed by atoms with Gasteiger partial charge in [0, 0.05) is 39.6 Å². The molecule has 3 aromatic rings. The Bertz CT molecular complexity index is 963. The van der Waals surface area contributed by atoms with E-state index in [0.29, 0.717) is 23.1 Å². The molecular formula is C20H29FN6. The van der Waals surface area contributed by atoms with Gasteiger partial charge in [-0.2, -0.15) is 5.10 Å². The lowest BCUT2D eigenvalue weighted by molar-refractivity contribution is 0.269. The lowest BCUT2D eigenvalue weighted by atomic mass is 9.88. The van der Waals surface area contributed by atoms with E-state index in [9.17, 15) is 4.39 Å². The second kappa shape index (κ2) is 6.88. The molecule has 6 nitrogen and oxygen atoms in total. The van der Waals surface area contributed by atoms with E-state index in [-0.39, 0.29) is 14.2 Å². The molecule has 0 bridgehead atoms. The van der Waals surface area contributed by atoms with Gasteiger partial charge in [-0.05, 0) is 43.5 Å². The number of nitrogens with one attached hydrogen (secondary N) is 2. The van der Waals surface area contributed by atoms with E-state index in [2.05, 4.69) is 51.2 Å². The van der Waals surface area contributed by atoms with E-state index < -0.39 is 0 Å². The summed E-state index contributed by atoms with van der Waals surface area (Å²) in [5.74, 6) is 0.667. The summed E-state index contributed by atoms with van der Waals surface area (Å²) in [6.07, 6.45) is 2.73. The summed E-state index contributed by atoms with van der Waals surface area (Å²) in [6, 6.07) is 6.98. The maximum atomic E-state index is 14.7. The maximum absolute atomic E-state index is 14.7. The molecule has 1 aliphatic rings. The Morgan fingerprint density at radius 2 is 2.19 bits per heavy atom. The van der Waals surface area contributed by atoms with Crippen LogP contribution >= 0.6 is 0 Å². The Balaban J connectivity index is 0.00000150. The van der Waals surface area contributed by atoms with Crippen LogP contribution in [-0.2, 0) is 0 Å². The van der Waals surface area contributed by atoms with E-state index in [1.54, 1.807) is 12.3 Å². The van der Waals surface area contributed by atoms with Crippen molar-refractivity contribution >= 4 is 16.9 Å². The van der Waals surface area contributed by atoms with Crippen LogP contribution in [0.4, 0.5) is 10.2 Å². The van der Waals surface area contributed by atoms with Crippen LogP contribution in [-0.4, -0.2) is 45.3 Å². The third-order valence-electron chi connectivity index (χ3n) is 5.04. The van der Waals surface area contributed by atoms with E-state index in [1.165, 1.54) is 6.07 Å². The molecule has 0 radical (unpaired) electrons. The minimum atomic E-state index is -0.297. The van der Waals surface area contributed by atoms with Crippen molar-refractivity contribution in [2.75, 3.05) is 24.5 Å². The number of halogens is 1. The van der Waals surface area contributed by atoms with Crippen molar-refractivity contribution < 1.29 is 7.24 Å². The highest BCUT2D eigenvalue weighted by molar-refractivity contribution is 5.89. The molecule has 4 heterocycles. The highest BCUT2D eigenvalue weighted by Crippen LogP contribution is 2.29. The molecule has 1 atom stereocenters. The monoisotopic (exact) mass is 372 g/mol. The first-order chi connectivity index (χ1) is 13.0. The molecule has 0 amide bonds. The van der Waals surface area contributed by atoms with Crippen LogP contribution in [0.25, 0.3) is 22.4 Å². The summed E-state index contributed by atoms with van der Waals surface area (Å²) < 4.78 is 14.7. The highest BCUT2D eigenvalue weighted by Gasteiger charge is 2.32. The standard InChI is InChI=1S/C20H25FN6.2H2/c1-13(2)11-20(3)12-27(10-9-23-20)19-15(21)6-7-16(24-19)17-14-5-4-8-22-18(14)26-25-17;;/h4-8,13,23H,9-12H2,1-3H3,(H,22,25,26);2*1H. The van der Waals surface area contributed by atoms with Crippen molar-refractivity contribution in [3.05, 3.63) is 36.3 Å². The first-order valence-electron chi connectivity index (χ1n) is 9.41. The minimum absolute atomic E-state index is 0. The van der Waals surface area contributed by atoms with Gasteiger partial charge < -0.3 is 10.2 Å². The van der Waals surface area contributed by atoms with Crippen LogP contribution in [0.15, 0.2) is 30.5 Å². The molecule has 7 heteroatoms. The van der Waals surface area contributed by atoms with E-state index in [4.69, 9.17) is 0 Å². The molecule has 146 valence electrons. The summed E-state index contributed by atoms with van der Waals surface area (Å²) in [5, 5.41) is 11.7. The van der Waals surface area contributed by atoms with Gasteiger partial charge in [0.1, 0.15) is 0 Å². The van der Waals surface area contributed by atoms with Crippen molar-refractivity contribution in [2.24, 2.45) is 5.92 Å². The molecule has 0 saturated carbocycles. The molecular weight excluding hydrogens is 343 g/mol. The van der Waals surface area contributed by atoms with Gasteiger partial charge in [0.15, 0.2) is 17.3 Å². The number of rotatable bonds is 4. The third kappa shape index (κ3) is 3.51. The zero-order valence-electron chi connectivity index (χ0n) is 16.0. The smallest absolute Gasteiger partial charge is 0.181 e. The number of aromatic nitrogens is 4. The first kappa shape index (κ1) is 17.9. The SMILES string of the molecule is CC(C)CC1(C)CN(c2nc(-c3[nH]nc4ncccc34)ccc2F)CCN1.[HH].[HH]. The Morgan fingerprint density at radius 3 is 3.00 bits per heavy atom. The largest absolute Gasteiger partial charge is 0.351 e. The third-order valence-corrected chi connectivity index (χ3v) is 5.04. The van der Waals surface area contributed by atoms with Crippen molar-refractivity contribution in [3.63, 3.8) is 0 Å². The molecule has 1 aliphatic heterocycles. The van der Waals surface area contributed by atoms with Crippen LogP contribution in [0, 0.1) is 11.7 Å². The number of aromatic amines is 1. The lowest BCUT2D eigenvalue weighted by Gasteiger charge is -2.43. The lowest BCUT2D eigenvalue weighted by Crippen LogP contribution is -2.59. The second-order valence-electron chi connectivity index (χ2n) is 7.98. The van der Waals surface area contributed by atoms with Gasteiger partial charge in [-0.3, -0.25) is 5.10 Å². The van der Waals surface area contributed by atoms with Crippen LogP contribution in [0.1, 0.15) is 30.0 Å². The summed E-state index contributed by atoms with van der Waals surface area (Å²) in [7, 11) is 0. The van der Waals surface area contributed by atoms with E-state index in [1.807, 2.05) is 12.1 Å². The summed E-state index contributed by atoms with van der Waals surface area (Å²) in [6.45, 7) is 8.89. The van der Waals surface area contributed by atoms with Gasteiger partial charge >= 0.3 is 0 Å². The molecule has 1 fully saturated rings. The van der Waals surface area contributed by atoms with Crippen LogP contribution in [0.3, 0.4) is 0 Å². The molecule has 0 spiro atoms. The zero-order valence-corrected chi connectivity index (χ0v) is 16.0. The van der Waals surface area contributed by atoms with Crippen LogP contribution in [0.2, 0.25) is 0 Å². The maximum Gasteiger partial charge on any atom is 0.181 e. The fourth-order valence-electron chi connectivity index (χ4n) is 4.11. The Hall–Kier alpha value is -2.54. The molecule has 4 rings (SSSR count). The minimum Gasteiger partial charge on any atom is -0.351 e. The molecule has 1 saturated heterocycles. The van der Waals surface area contributed by atoms with Gasteiger partial charge in [-0.15, -0.1) is 0 Å². The van der Waals surface area contributed by atoms with Gasteiger partial charge in [-0.25, -0.2) is 14.4 Å². The van der Waals surface area contributed by atoms with Gasteiger partial charge in [0.05, 0.1) is 11.4 Å². The average molecular weight is 372 g/mol. The number of nitrogens with zero attached hydrogens (tertiary/aromatic N) is 4. The van der Waals surface area contributed by atoms with Crippen LogP contribution in [0.5, 0.6) is 0 Å². The summed E-state index contributed by atoms with van der Waals surface area (Å²) >= 11 is 0. The molecule has 0 aliphatic carbocycles. The Labute approximate surface area is 161 Å². The molecule has 0 aromatic carbocycles. The fourth-order valence-corrected chi connectivity index (χ4v) is 4.11. The molecule has 1 unspecified atom stereocenters. The molecule has 2 N–H and O–H groups in total. The average Bonchev–Trinajstić information content (AvgIpc) is 3.05. The number of pyridine rings is 2. The Kier molecular flexibility index (Phi) is 4.55. The van der Waals surface area contributed by atoms with Crippen LogP contribution < -0.4 is 10.2 Å².